The molecule has 0 spiro atoms. The highest BCUT2D eigenvalue weighted by molar-refractivity contribution is 7.91. The first kappa shape index (κ1) is 15.5. The highest BCUT2D eigenvalue weighted by Gasteiger charge is 2.21. The number of primary sulfonamides is 1. The summed E-state index contributed by atoms with van der Waals surface area (Å²) in [5.41, 5.74) is 0.848. The molecular formula is C13H20N2O3S2. The molecule has 1 aromatic heterocycles. The molecule has 2 rings (SSSR count). The zero-order chi connectivity index (χ0) is 14.8. The molecule has 112 valence electrons. The minimum absolute atomic E-state index is 0.0680. The Labute approximate surface area is 123 Å². The van der Waals surface area contributed by atoms with Crippen LogP contribution in [0.1, 0.15) is 48.0 Å². The maximum atomic E-state index is 12.0. The zero-order valence-corrected chi connectivity index (χ0v) is 13.1. The Morgan fingerprint density at radius 3 is 2.65 bits per heavy atom. The van der Waals surface area contributed by atoms with E-state index in [0.29, 0.717) is 17.7 Å². The first-order valence-electron chi connectivity index (χ1n) is 6.78. The van der Waals surface area contributed by atoms with E-state index >= 15 is 0 Å². The number of carbonyl (C=O) groups is 1. The first-order chi connectivity index (χ1) is 9.39. The van der Waals surface area contributed by atoms with Crippen LogP contribution in [0, 0.1) is 12.8 Å². The lowest BCUT2D eigenvalue weighted by Crippen LogP contribution is -2.26. The predicted molar refractivity (Wildman–Crippen MR) is 79.3 cm³/mol. The SMILES string of the molecule is Cc1c(C(=O)NCCC2CCCC2)csc1S(N)(=O)=O. The number of hydrogen-bond acceptors (Lipinski definition) is 4. The van der Waals surface area contributed by atoms with Crippen LogP contribution in [-0.2, 0) is 10.0 Å². The van der Waals surface area contributed by atoms with Gasteiger partial charge in [-0.3, -0.25) is 4.79 Å². The van der Waals surface area contributed by atoms with Crippen molar-refractivity contribution < 1.29 is 13.2 Å². The van der Waals surface area contributed by atoms with Crippen LogP contribution < -0.4 is 10.5 Å². The third-order valence-corrected chi connectivity index (χ3v) is 6.49. The Kier molecular flexibility index (Phi) is 4.82. The van der Waals surface area contributed by atoms with Crippen LogP contribution in [0.5, 0.6) is 0 Å². The fourth-order valence-electron chi connectivity index (χ4n) is 2.69. The summed E-state index contributed by atoms with van der Waals surface area (Å²) in [7, 11) is -3.74. The molecule has 0 radical (unpaired) electrons. The van der Waals surface area contributed by atoms with Crippen molar-refractivity contribution in [1.29, 1.82) is 0 Å². The van der Waals surface area contributed by atoms with Gasteiger partial charge in [-0.15, -0.1) is 11.3 Å². The Hall–Kier alpha value is -0.920. The third-order valence-electron chi connectivity index (χ3n) is 3.81. The maximum Gasteiger partial charge on any atom is 0.252 e. The van der Waals surface area contributed by atoms with Crippen molar-refractivity contribution in [3.05, 3.63) is 16.5 Å². The van der Waals surface area contributed by atoms with Crippen molar-refractivity contribution in [2.75, 3.05) is 6.54 Å². The van der Waals surface area contributed by atoms with Crippen LogP contribution in [-0.4, -0.2) is 20.9 Å². The molecule has 1 saturated carbocycles. The highest BCUT2D eigenvalue weighted by Crippen LogP contribution is 2.27. The van der Waals surface area contributed by atoms with E-state index in [1.807, 2.05) is 0 Å². The summed E-state index contributed by atoms with van der Waals surface area (Å²) in [6.45, 7) is 2.26. The Morgan fingerprint density at radius 1 is 1.45 bits per heavy atom. The van der Waals surface area contributed by atoms with E-state index in [2.05, 4.69) is 5.32 Å². The smallest absolute Gasteiger partial charge is 0.252 e. The van der Waals surface area contributed by atoms with Crippen molar-refractivity contribution in [3.63, 3.8) is 0 Å². The van der Waals surface area contributed by atoms with Gasteiger partial charge in [0.2, 0.25) is 10.0 Å². The molecule has 1 amide bonds. The average Bonchev–Trinajstić information content (AvgIpc) is 2.97. The lowest BCUT2D eigenvalue weighted by atomic mass is 10.0. The van der Waals surface area contributed by atoms with Gasteiger partial charge in [0.15, 0.2) is 0 Å². The topological polar surface area (TPSA) is 89.3 Å². The molecule has 0 bridgehead atoms. The van der Waals surface area contributed by atoms with Crippen LogP contribution in [0.2, 0.25) is 0 Å². The minimum atomic E-state index is -3.74. The number of rotatable bonds is 5. The molecule has 20 heavy (non-hydrogen) atoms. The summed E-state index contributed by atoms with van der Waals surface area (Å²) in [6.07, 6.45) is 6.09. The standard InChI is InChI=1S/C13H20N2O3S2/c1-9-11(8-19-13(9)20(14,17)18)12(16)15-7-6-10-4-2-3-5-10/h8,10H,2-7H2,1H3,(H,15,16)(H2,14,17,18). The van der Waals surface area contributed by atoms with Crippen molar-refractivity contribution in [1.82, 2.24) is 5.32 Å². The van der Waals surface area contributed by atoms with Gasteiger partial charge in [0.05, 0.1) is 5.56 Å². The van der Waals surface area contributed by atoms with Crippen LogP contribution in [0.15, 0.2) is 9.59 Å². The second kappa shape index (κ2) is 6.24. The van der Waals surface area contributed by atoms with Gasteiger partial charge in [0.1, 0.15) is 4.21 Å². The van der Waals surface area contributed by atoms with E-state index in [1.54, 1.807) is 12.3 Å². The van der Waals surface area contributed by atoms with E-state index in [4.69, 9.17) is 5.14 Å². The quantitative estimate of drug-likeness (QED) is 0.871. The summed E-state index contributed by atoms with van der Waals surface area (Å²) < 4.78 is 22.7. The molecule has 1 heterocycles. The summed E-state index contributed by atoms with van der Waals surface area (Å²) >= 11 is 0.996. The fourth-order valence-corrected chi connectivity index (χ4v) is 4.70. The molecule has 1 fully saturated rings. The predicted octanol–water partition coefficient (Wildman–Crippen LogP) is 2.01. The molecule has 0 aliphatic heterocycles. The number of hydrogen-bond donors (Lipinski definition) is 2. The lowest BCUT2D eigenvalue weighted by Gasteiger charge is -2.09. The molecule has 7 heteroatoms. The molecule has 0 aromatic carbocycles. The van der Waals surface area contributed by atoms with E-state index in [-0.39, 0.29) is 10.1 Å². The molecular weight excluding hydrogens is 296 g/mol. The van der Waals surface area contributed by atoms with Gasteiger partial charge in [-0.05, 0) is 24.8 Å². The van der Waals surface area contributed by atoms with Gasteiger partial charge in [-0.1, -0.05) is 25.7 Å². The van der Waals surface area contributed by atoms with Crippen molar-refractivity contribution in [3.8, 4) is 0 Å². The number of carbonyl (C=O) groups excluding carboxylic acids is 1. The van der Waals surface area contributed by atoms with Crippen LogP contribution >= 0.6 is 11.3 Å². The Bertz CT molecular complexity index is 587. The number of nitrogens with two attached hydrogens (primary N) is 1. The second-order valence-electron chi connectivity index (χ2n) is 5.30. The first-order valence-corrected chi connectivity index (χ1v) is 9.21. The Balaban J connectivity index is 1.94. The third kappa shape index (κ3) is 3.59. The normalized spacial score (nSPS) is 16.5. The number of thiophene rings is 1. The molecule has 3 N–H and O–H groups in total. The van der Waals surface area contributed by atoms with E-state index < -0.39 is 10.0 Å². The largest absolute Gasteiger partial charge is 0.352 e. The molecule has 1 aliphatic carbocycles. The maximum absolute atomic E-state index is 12.0. The summed E-state index contributed by atoms with van der Waals surface area (Å²) in [6, 6.07) is 0. The van der Waals surface area contributed by atoms with Gasteiger partial charge in [-0.25, -0.2) is 13.6 Å². The van der Waals surface area contributed by atoms with Crippen molar-refractivity contribution in [2.45, 2.75) is 43.2 Å². The summed E-state index contributed by atoms with van der Waals surface area (Å²) in [5.74, 6) is 0.505. The van der Waals surface area contributed by atoms with Gasteiger partial charge in [0, 0.05) is 11.9 Å². The highest BCUT2D eigenvalue weighted by atomic mass is 32.2. The number of sulfonamides is 1. The molecule has 0 unspecified atom stereocenters. The van der Waals surface area contributed by atoms with Crippen LogP contribution in [0.25, 0.3) is 0 Å². The average molecular weight is 316 g/mol. The molecule has 0 atom stereocenters. The lowest BCUT2D eigenvalue weighted by molar-refractivity contribution is 0.0951. The van der Waals surface area contributed by atoms with Crippen molar-refractivity contribution in [2.24, 2.45) is 11.1 Å². The van der Waals surface area contributed by atoms with E-state index in [1.165, 1.54) is 25.7 Å². The van der Waals surface area contributed by atoms with Gasteiger partial charge >= 0.3 is 0 Å². The minimum Gasteiger partial charge on any atom is -0.352 e. The van der Waals surface area contributed by atoms with Crippen molar-refractivity contribution >= 4 is 27.3 Å². The monoisotopic (exact) mass is 316 g/mol. The van der Waals surface area contributed by atoms with E-state index in [9.17, 15) is 13.2 Å². The molecule has 0 saturated heterocycles. The molecule has 1 aromatic rings. The molecule has 5 nitrogen and oxygen atoms in total. The van der Waals surface area contributed by atoms with Crippen LogP contribution in [0.4, 0.5) is 0 Å². The van der Waals surface area contributed by atoms with E-state index in [0.717, 1.165) is 23.7 Å². The Morgan fingerprint density at radius 2 is 2.10 bits per heavy atom. The fraction of sp³-hybridized carbons (Fsp3) is 0.615. The summed E-state index contributed by atoms with van der Waals surface area (Å²) in [4.78, 5) is 12.0. The van der Waals surface area contributed by atoms with Gasteiger partial charge in [-0.2, -0.15) is 0 Å². The second-order valence-corrected chi connectivity index (χ2v) is 7.94. The van der Waals surface area contributed by atoms with Gasteiger partial charge in [0.25, 0.3) is 5.91 Å². The van der Waals surface area contributed by atoms with Gasteiger partial charge < -0.3 is 5.32 Å². The summed E-state index contributed by atoms with van der Waals surface area (Å²) in [5, 5.41) is 9.52. The number of nitrogens with one attached hydrogen (secondary N) is 1. The molecule has 1 aliphatic rings. The zero-order valence-electron chi connectivity index (χ0n) is 11.5. The van der Waals surface area contributed by atoms with Crippen LogP contribution in [0.3, 0.4) is 0 Å². The number of amides is 1.